The van der Waals surface area contributed by atoms with Gasteiger partial charge >= 0.3 is 0 Å². The van der Waals surface area contributed by atoms with E-state index in [0.717, 1.165) is 32.8 Å². The lowest BCUT2D eigenvalue weighted by Gasteiger charge is -2.29. The van der Waals surface area contributed by atoms with E-state index in [1.54, 1.807) is 29.2 Å². The van der Waals surface area contributed by atoms with Crippen LogP contribution in [0.1, 0.15) is 17.3 Å². The number of amides is 1. The molecule has 3 rings (SSSR count). The Hall–Kier alpha value is -2.25. The van der Waals surface area contributed by atoms with Gasteiger partial charge in [0.15, 0.2) is 5.82 Å². The largest absolute Gasteiger partial charge is 0.379 e. The van der Waals surface area contributed by atoms with Gasteiger partial charge in [0.2, 0.25) is 0 Å². The molecule has 0 unspecified atom stereocenters. The molecule has 7 heteroatoms. The van der Waals surface area contributed by atoms with Crippen LogP contribution in [0.25, 0.3) is 5.82 Å². The van der Waals surface area contributed by atoms with Crippen LogP contribution in [0, 0.1) is 0 Å². The molecule has 1 atom stereocenters. The highest BCUT2D eigenvalue weighted by Gasteiger charge is 2.16. The topological polar surface area (TPSA) is 72.3 Å². The van der Waals surface area contributed by atoms with Crippen LogP contribution in [-0.4, -0.2) is 64.5 Å². The summed E-state index contributed by atoms with van der Waals surface area (Å²) in [5.74, 6) is 0.582. The molecule has 1 fully saturated rings. The quantitative estimate of drug-likeness (QED) is 0.880. The van der Waals surface area contributed by atoms with Crippen LogP contribution in [0.2, 0.25) is 0 Å². The zero-order valence-electron chi connectivity index (χ0n) is 13.2. The van der Waals surface area contributed by atoms with Gasteiger partial charge in [-0.15, -0.1) is 0 Å². The molecule has 2 aromatic rings. The maximum absolute atomic E-state index is 12.3. The van der Waals surface area contributed by atoms with Crippen molar-refractivity contribution >= 4 is 5.91 Å². The second-order valence-electron chi connectivity index (χ2n) is 5.64. The zero-order chi connectivity index (χ0) is 16.1. The van der Waals surface area contributed by atoms with Gasteiger partial charge in [0, 0.05) is 44.3 Å². The number of pyridine rings is 1. The Bertz CT molecular complexity index is 620. The minimum Gasteiger partial charge on any atom is -0.379 e. The van der Waals surface area contributed by atoms with Gasteiger partial charge in [-0.1, -0.05) is 0 Å². The molecule has 3 heterocycles. The predicted molar refractivity (Wildman–Crippen MR) is 85.5 cm³/mol. The van der Waals surface area contributed by atoms with Crippen molar-refractivity contribution in [3.63, 3.8) is 0 Å². The van der Waals surface area contributed by atoms with Crippen LogP contribution in [-0.2, 0) is 4.74 Å². The summed E-state index contributed by atoms with van der Waals surface area (Å²) in [5, 5.41) is 7.13. The number of carbonyl (C=O) groups excluding carboxylic acids is 1. The highest BCUT2D eigenvalue weighted by atomic mass is 16.5. The van der Waals surface area contributed by atoms with Gasteiger partial charge < -0.3 is 10.1 Å². The summed E-state index contributed by atoms with van der Waals surface area (Å²) < 4.78 is 6.98. The van der Waals surface area contributed by atoms with E-state index in [0.29, 0.717) is 11.4 Å². The van der Waals surface area contributed by atoms with Crippen molar-refractivity contribution in [2.45, 2.75) is 13.0 Å². The van der Waals surface area contributed by atoms with Gasteiger partial charge in [0.1, 0.15) is 0 Å². The summed E-state index contributed by atoms with van der Waals surface area (Å²) in [6, 6.07) is 5.46. The maximum atomic E-state index is 12.3. The number of morpholine rings is 1. The van der Waals surface area contributed by atoms with Crippen molar-refractivity contribution in [3.8, 4) is 5.82 Å². The minimum absolute atomic E-state index is 0.0754. The van der Waals surface area contributed by atoms with Crippen LogP contribution in [0.5, 0.6) is 0 Å². The van der Waals surface area contributed by atoms with E-state index in [1.807, 2.05) is 19.2 Å². The summed E-state index contributed by atoms with van der Waals surface area (Å²) in [7, 11) is 0. The molecule has 0 spiro atoms. The fraction of sp³-hybridized carbons (Fsp3) is 0.438. The number of rotatable bonds is 5. The number of nitrogens with zero attached hydrogens (tertiary/aromatic N) is 4. The molecule has 0 radical (unpaired) electrons. The van der Waals surface area contributed by atoms with E-state index >= 15 is 0 Å². The zero-order valence-corrected chi connectivity index (χ0v) is 13.2. The van der Waals surface area contributed by atoms with Crippen LogP contribution in [0.3, 0.4) is 0 Å². The third kappa shape index (κ3) is 4.14. The maximum Gasteiger partial charge on any atom is 0.253 e. The molecule has 1 aliphatic heterocycles. The number of carbonyl (C=O) groups is 1. The van der Waals surface area contributed by atoms with Crippen molar-refractivity contribution in [1.82, 2.24) is 25.0 Å². The molecule has 122 valence electrons. The van der Waals surface area contributed by atoms with Gasteiger partial charge in [-0.05, 0) is 25.1 Å². The number of ether oxygens (including phenoxy) is 1. The van der Waals surface area contributed by atoms with Crippen molar-refractivity contribution < 1.29 is 9.53 Å². The Morgan fingerprint density at radius 2 is 2.22 bits per heavy atom. The third-order valence-electron chi connectivity index (χ3n) is 3.76. The van der Waals surface area contributed by atoms with Crippen LogP contribution >= 0.6 is 0 Å². The van der Waals surface area contributed by atoms with Crippen molar-refractivity contribution in [3.05, 3.63) is 42.4 Å². The first kappa shape index (κ1) is 15.6. The van der Waals surface area contributed by atoms with Crippen molar-refractivity contribution in [2.75, 3.05) is 32.8 Å². The molecular formula is C16H21N5O2. The normalized spacial score (nSPS) is 16.9. The van der Waals surface area contributed by atoms with E-state index in [9.17, 15) is 4.79 Å². The number of hydrogen-bond donors (Lipinski definition) is 1. The molecule has 1 saturated heterocycles. The van der Waals surface area contributed by atoms with E-state index in [1.165, 1.54) is 0 Å². The lowest BCUT2D eigenvalue weighted by atomic mass is 10.2. The molecular weight excluding hydrogens is 294 g/mol. The number of hydrogen-bond acceptors (Lipinski definition) is 5. The Morgan fingerprint density at radius 3 is 2.87 bits per heavy atom. The first-order valence-corrected chi connectivity index (χ1v) is 7.79. The Morgan fingerprint density at radius 1 is 1.39 bits per heavy atom. The Kier molecular flexibility index (Phi) is 4.99. The molecule has 1 amide bonds. The first-order chi connectivity index (χ1) is 11.2. The van der Waals surface area contributed by atoms with Gasteiger partial charge in [-0.3, -0.25) is 9.69 Å². The smallest absolute Gasteiger partial charge is 0.253 e. The van der Waals surface area contributed by atoms with Gasteiger partial charge in [0.05, 0.1) is 18.8 Å². The van der Waals surface area contributed by atoms with Crippen molar-refractivity contribution in [2.24, 2.45) is 0 Å². The first-order valence-electron chi connectivity index (χ1n) is 7.79. The Labute approximate surface area is 135 Å². The van der Waals surface area contributed by atoms with E-state index in [-0.39, 0.29) is 11.9 Å². The summed E-state index contributed by atoms with van der Waals surface area (Å²) in [5.41, 5.74) is 0.551. The van der Waals surface area contributed by atoms with Crippen LogP contribution < -0.4 is 5.32 Å². The minimum atomic E-state index is -0.106. The number of aromatic nitrogens is 3. The molecule has 0 saturated carbocycles. The van der Waals surface area contributed by atoms with E-state index in [4.69, 9.17) is 4.74 Å². The monoisotopic (exact) mass is 315 g/mol. The van der Waals surface area contributed by atoms with Gasteiger partial charge in [0.25, 0.3) is 5.91 Å². The molecule has 2 aromatic heterocycles. The highest BCUT2D eigenvalue weighted by Crippen LogP contribution is 2.05. The third-order valence-corrected chi connectivity index (χ3v) is 3.76. The summed E-state index contributed by atoms with van der Waals surface area (Å²) in [4.78, 5) is 18.9. The SMILES string of the molecule is C[C@@H](CN1CCOCC1)NC(=O)c1ccc(-n2cccn2)nc1. The molecule has 7 nitrogen and oxygen atoms in total. The molecule has 23 heavy (non-hydrogen) atoms. The molecule has 0 aliphatic carbocycles. The van der Waals surface area contributed by atoms with Crippen LogP contribution in [0.4, 0.5) is 0 Å². The lowest BCUT2D eigenvalue weighted by molar-refractivity contribution is 0.0342. The molecule has 1 aliphatic rings. The second kappa shape index (κ2) is 7.34. The fourth-order valence-electron chi connectivity index (χ4n) is 2.58. The summed E-state index contributed by atoms with van der Waals surface area (Å²) in [6.07, 6.45) is 5.08. The molecule has 0 aromatic carbocycles. The van der Waals surface area contributed by atoms with Crippen LogP contribution in [0.15, 0.2) is 36.8 Å². The summed E-state index contributed by atoms with van der Waals surface area (Å²) in [6.45, 7) is 6.20. The van der Waals surface area contributed by atoms with E-state index in [2.05, 4.69) is 20.3 Å². The highest BCUT2D eigenvalue weighted by molar-refractivity contribution is 5.94. The van der Waals surface area contributed by atoms with Crippen molar-refractivity contribution in [1.29, 1.82) is 0 Å². The summed E-state index contributed by atoms with van der Waals surface area (Å²) >= 11 is 0. The van der Waals surface area contributed by atoms with Gasteiger partial charge in [-0.25, -0.2) is 9.67 Å². The second-order valence-corrected chi connectivity index (χ2v) is 5.64. The molecule has 1 N–H and O–H groups in total. The number of nitrogens with one attached hydrogen (secondary N) is 1. The predicted octanol–water partition coefficient (Wildman–Crippen LogP) is 0.718. The average Bonchev–Trinajstić information content (AvgIpc) is 3.10. The fourth-order valence-corrected chi connectivity index (χ4v) is 2.58. The Balaban J connectivity index is 1.55. The van der Waals surface area contributed by atoms with E-state index < -0.39 is 0 Å². The standard InChI is InChI=1S/C16H21N5O2/c1-13(12-20-7-9-23-10-8-20)19-16(22)14-3-4-15(17-11-14)21-6-2-5-18-21/h2-6,11,13H,7-10,12H2,1H3,(H,19,22)/t13-/m0/s1. The van der Waals surface area contributed by atoms with Gasteiger partial charge in [-0.2, -0.15) is 5.10 Å². The molecule has 0 bridgehead atoms. The lowest BCUT2D eigenvalue weighted by Crippen LogP contribution is -2.46. The average molecular weight is 315 g/mol.